The number of hydrogen-bond acceptors (Lipinski definition) is 9. The molecule has 3 aliphatic carbocycles. The number of aliphatic hydroxyl groups excluding tert-OH is 1. The second-order valence-corrected chi connectivity index (χ2v) is 17.3. The molecule has 56 heavy (non-hydrogen) atoms. The number of rotatable bonds is 15. The van der Waals surface area contributed by atoms with Crippen LogP contribution in [-0.2, 0) is 27.4 Å². The molecular formula is C45H61N5O6. The van der Waals surface area contributed by atoms with Gasteiger partial charge in [-0.3, -0.25) is 19.2 Å². The number of nitrogens with one attached hydrogen (secondary N) is 2. The number of carbonyl (C=O) groups excluding carboxylic acids is 3. The molecule has 3 saturated carbocycles. The van der Waals surface area contributed by atoms with Crippen LogP contribution in [0.25, 0.3) is 11.1 Å². The van der Waals surface area contributed by atoms with Gasteiger partial charge >= 0.3 is 0 Å². The molecule has 0 unspecified atom stereocenters. The minimum atomic E-state index is -0.935. The third-order valence-electron chi connectivity index (χ3n) is 12.8. The van der Waals surface area contributed by atoms with Gasteiger partial charge in [0.05, 0.1) is 26.2 Å². The Kier molecular flexibility index (Phi) is 12.6. The van der Waals surface area contributed by atoms with Crippen molar-refractivity contribution in [2.75, 3.05) is 53.4 Å². The molecule has 2 bridgehead atoms. The molecule has 0 aromatic heterocycles. The van der Waals surface area contributed by atoms with Crippen molar-refractivity contribution in [1.82, 2.24) is 20.6 Å². The molecule has 3 aromatic carbocycles. The second-order valence-electron chi connectivity index (χ2n) is 17.3. The van der Waals surface area contributed by atoms with E-state index in [0.717, 1.165) is 34.4 Å². The number of fused-ring (bicyclic) bond motifs is 2. The lowest BCUT2D eigenvalue weighted by atomic mass is 9.45. The van der Waals surface area contributed by atoms with E-state index in [2.05, 4.69) is 48.4 Å². The maximum absolute atomic E-state index is 14.3. The second kappa shape index (κ2) is 17.1. The fourth-order valence-electron chi connectivity index (χ4n) is 9.63. The molecule has 1 saturated heterocycles. The van der Waals surface area contributed by atoms with Crippen molar-refractivity contribution >= 4 is 23.3 Å². The van der Waals surface area contributed by atoms with Crippen molar-refractivity contribution in [1.29, 1.82) is 0 Å². The number of hydroxylamine groups is 2. The molecule has 302 valence electrons. The van der Waals surface area contributed by atoms with E-state index in [9.17, 15) is 19.5 Å². The van der Waals surface area contributed by atoms with Crippen LogP contribution in [0.4, 0.5) is 5.69 Å². The summed E-state index contributed by atoms with van der Waals surface area (Å²) in [5, 5.41) is 18.5. The Morgan fingerprint density at radius 3 is 2.36 bits per heavy atom. The van der Waals surface area contributed by atoms with Crippen LogP contribution in [0.2, 0.25) is 0 Å². The predicted octanol–water partition coefficient (Wildman–Crippen LogP) is 5.20. The van der Waals surface area contributed by atoms with Crippen molar-refractivity contribution in [3.05, 3.63) is 83.4 Å². The average molecular weight is 768 g/mol. The van der Waals surface area contributed by atoms with Gasteiger partial charge in [0.15, 0.2) is 0 Å². The third-order valence-corrected chi connectivity index (χ3v) is 12.8. The Hall–Kier alpha value is -4.29. The predicted molar refractivity (Wildman–Crippen MR) is 219 cm³/mol. The summed E-state index contributed by atoms with van der Waals surface area (Å²) in [5.41, 5.74) is 5.05. The van der Waals surface area contributed by atoms with Gasteiger partial charge in [0, 0.05) is 55.1 Å². The molecule has 4 aliphatic rings. The molecule has 0 spiro atoms. The lowest BCUT2D eigenvalue weighted by Crippen LogP contribution is -2.62. The van der Waals surface area contributed by atoms with E-state index >= 15 is 0 Å². The van der Waals surface area contributed by atoms with Crippen LogP contribution < -0.4 is 20.3 Å². The zero-order valence-electron chi connectivity index (χ0n) is 34.5. The van der Waals surface area contributed by atoms with E-state index in [1.54, 1.807) is 12.2 Å². The van der Waals surface area contributed by atoms with Crippen molar-refractivity contribution in [2.24, 2.45) is 29.1 Å². The van der Waals surface area contributed by atoms with Crippen LogP contribution in [-0.4, -0.2) is 105 Å². The number of nitrogens with zero attached hydrogens (tertiary/aromatic N) is 3. The summed E-state index contributed by atoms with van der Waals surface area (Å²) in [6, 6.07) is 20.7. The third kappa shape index (κ3) is 8.51. The first-order valence-electron chi connectivity index (χ1n) is 20.0. The Balaban J connectivity index is 1.28. The van der Waals surface area contributed by atoms with E-state index in [4.69, 9.17) is 9.57 Å². The molecule has 8 atom stereocenters. The van der Waals surface area contributed by atoms with Crippen LogP contribution in [0.1, 0.15) is 62.0 Å². The summed E-state index contributed by atoms with van der Waals surface area (Å²) in [6.45, 7) is 8.73. The summed E-state index contributed by atoms with van der Waals surface area (Å²) in [6.07, 6.45) is 1.93. The highest BCUT2D eigenvalue weighted by Gasteiger charge is 2.57. The summed E-state index contributed by atoms with van der Waals surface area (Å²) in [4.78, 5) is 51.7. The van der Waals surface area contributed by atoms with Gasteiger partial charge in [-0.1, -0.05) is 69.3 Å². The standard InChI is InChI=1S/C45H61N5O6/c1-27-37-22-33(45(37,3)4)23-38(27)47-44(54)41-40(28(2)52)39(26-51)56-50(41)24-30-16-13-17-36(42(30)55-9)31-19-32(21-35(20-31)49(7)8)43(53)46-34(25-48(5)6)18-29-14-11-10-12-15-29/h10-17,19-21,27,33-34,37-41,51H,18,22-26H2,1-9H3,(H,46,53)(H,47,54)/t27-,33+,34-,37-,38-,39-,40+,41-/m0/s1. The van der Waals surface area contributed by atoms with Crippen LogP contribution in [0.15, 0.2) is 66.7 Å². The van der Waals surface area contributed by atoms with E-state index in [0.29, 0.717) is 42.0 Å². The number of para-hydroxylation sites is 1. The van der Waals surface area contributed by atoms with Gasteiger partial charge in [-0.25, -0.2) is 0 Å². The fourth-order valence-corrected chi connectivity index (χ4v) is 9.63. The van der Waals surface area contributed by atoms with Gasteiger partial charge < -0.3 is 30.3 Å². The molecule has 3 aromatic rings. The SMILES string of the molecule is COc1c(CN2O[C@@H](CO)[C@@H](C(C)=O)[C@H]2C(=O)N[C@H]2C[C@H]3C[C@@H]([C@@H]2C)C3(C)C)cccc1-c1cc(C(=O)N[C@@H](Cc2ccccc2)CN(C)C)cc(N(C)C)c1. The first kappa shape index (κ1) is 41.3. The largest absolute Gasteiger partial charge is 0.496 e. The monoisotopic (exact) mass is 767 g/mol. The molecule has 1 heterocycles. The van der Waals surface area contributed by atoms with Crippen molar-refractivity contribution < 1.29 is 29.1 Å². The normalized spacial score (nSPS) is 25.9. The van der Waals surface area contributed by atoms with E-state index < -0.39 is 24.7 Å². The highest BCUT2D eigenvalue weighted by atomic mass is 16.7. The van der Waals surface area contributed by atoms with Gasteiger partial charge in [0.2, 0.25) is 5.91 Å². The van der Waals surface area contributed by atoms with E-state index in [1.165, 1.54) is 13.3 Å². The van der Waals surface area contributed by atoms with Crippen molar-refractivity contribution in [3.8, 4) is 16.9 Å². The molecular weight excluding hydrogens is 707 g/mol. The molecule has 4 fully saturated rings. The number of aliphatic hydroxyl groups is 1. The number of amides is 2. The lowest BCUT2D eigenvalue weighted by Gasteiger charge is -2.62. The van der Waals surface area contributed by atoms with Crippen LogP contribution in [0.3, 0.4) is 0 Å². The Bertz CT molecular complexity index is 1880. The van der Waals surface area contributed by atoms with Gasteiger partial charge in [0.1, 0.15) is 23.7 Å². The molecule has 7 rings (SSSR count). The first-order valence-corrected chi connectivity index (χ1v) is 20.0. The number of ketones is 1. The topological polar surface area (TPSA) is 124 Å². The highest BCUT2D eigenvalue weighted by molar-refractivity contribution is 5.97. The number of methoxy groups -OCH3 is 1. The van der Waals surface area contributed by atoms with Crippen LogP contribution in [0.5, 0.6) is 5.75 Å². The molecule has 2 amide bonds. The van der Waals surface area contributed by atoms with Gasteiger partial charge in [-0.2, -0.15) is 5.06 Å². The molecule has 11 nitrogen and oxygen atoms in total. The van der Waals surface area contributed by atoms with Crippen LogP contribution >= 0.6 is 0 Å². The number of likely N-dealkylation sites (N-methyl/N-ethyl adjacent to an activating group) is 1. The summed E-state index contributed by atoms with van der Waals surface area (Å²) in [7, 11) is 9.48. The first-order chi connectivity index (χ1) is 26.6. The maximum atomic E-state index is 14.3. The molecule has 3 N–H and O–H groups in total. The molecule has 1 aliphatic heterocycles. The van der Waals surface area contributed by atoms with E-state index in [1.807, 2.05) is 87.7 Å². The molecule has 0 radical (unpaired) electrons. The highest BCUT2D eigenvalue weighted by Crippen LogP contribution is 2.61. The number of carbonyl (C=O) groups is 3. The quantitative estimate of drug-likeness (QED) is 0.192. The number of ether oxygens (including phenoxy) is 1. The lowest BCUT2D eigenvalue weighted by molar-refractivity contribution is -0.183. The molecule has 11 heteroatoms. The zero-order chi connectivity index (χ0) is 40.5. The number of anilines is 1. The van der Waals surface area contributed by atoms with Gasteiger partial charge in [-0.05, 0) is 92.8 Å². The van der Waals surface area contributed by atoms with Crippen molar-refractivity contribution in [3.63, 3.8) is 0 Å². The number of benzene rings is 3. The summed E-state index contributed by atoms with van der Waals surface area (Å²) < 4.78 is 6.09. The number of hydrogen-bond donors (Lipinski definition) is 3. The maximum Gasteiger partial charge on any atom is 0.251 e. The smallest absolute Gasteiger partial charge is 0.251 e. The Morgan fingerprint density at radius 2 is 1.75 bits per heavy atom. The summed E-state index contributed by atoms with van der Waals surface area (Å²) in [5.74, 6) is 0.468. The number of Topliss-reactive ketones (excluding diaryl/α,β-unsaturated/α-hetero) is 1. The van der Waals surface area contributed by atoms with E-state index in [-0.39, 0.29) is 41.6 Å². The average Bonchev–Trinajstić information content (AvgIpc) is 3.53. The summed E-state index contributed by atoms with van der Waals surface area (Å²) >= 11 is 0. The zero-order valence-corrected chi connectivity index (χ0v) is 34.5. The minimum Gasteiger partial charge on any atom is -0.496 e. The van der Waals surface area contributed by atoms with Crippen LogP contribution in [0, 0.1) is 29.1 Å². The van der Waals surface area contributed by atoms with Gasteiger partial charge in [-0.15, -0.1) is 0 Å². The van der Waals surface area contributed by atoms with Gasteiger partial charge in [0.25, 0.3) is 5.91 Å². The minimum absolute atomic E-state index is 0.00615. The Morgan fingerprint density at radius 1 is 1.02 bits per heavy atom. The fraction of sp³-hybridized carbons (Fsp3) is 0.533. The van der Waals surface area contributed by atoms with Crippen molar-refractivity contribution in [2.45, 2.75) is 77.7 Å². The Labute approximate surface area is 332 Å².